The molecule has 5 aromatic rings. The number of hydrogen-bond donors (Lipinski definition) is 4. The zero-order valence-electron chi connectivity index (χ0n) is 25.0. The molecule has 0 radical (unpaired) electrons. The SMILES string of the molecule is C[C@H](NP(=O)(OC[C@H]1O[C@@](C#N)(c2ccc3c(N)ncnn23)[C@H](O)[C@@H]1O)Oc1cccc2ccccc12)C(=O)OCc1ccccc1. The maximum atomic E-state index is 14.4. The standard InChI is InChI=1S/C32H31N6O8P/c1-20(31(41)43-16-21-8-3-2-4-9-21)37-47(42,46-25-13-7-11-22-10-5-6-12-23(22)25)44-17-26-28(39)29(40)32(18-33,45-26)27-15-14-24-30(34)35-19-36-38(24)27/h2-15,19-20,26,28-29,39-40H,16-17H2,1H3,(H,37,42)(H2,34,35,36)/t20-,26+,28+,29+,32-,47?/m0/s1. The van der Waals surface area contributed by atoms with Crippen molar-refractivity contribution in [3.63, 3.8) is 0 Å². The molecular weight excluding hydrogens is 627 g/mol. The third-order valence-electron chi connectivity index (χ3n) is 7.79. The summed E-state index contributed by atoms with van der Waals surface area (Å²) in [6, 6.07) is 25.2. The molecule has 3 heterocycles. The lowest BCUT2D eigenvalue weighted by atomic mass is 9.92. The van der Waals surface area contributed by atoms with Crippen molar-refractivity contribution in [2.24, 2.45) is 0 Å². The molecule has 6 rings (SSSR count). The molecule has 15 heteroatoms. The molecule has 0 aliphatic carbocycles. The number of rotatable bonds is 11. The summed E-state index contributed by atoms with van der Waals surface area (Å²) < 4.78 is 38.8. The van der Waals surface area contributed by atoms with E-state index in [0.717, 1.165) is 10.9 Å². The smallest absolute Gasteiger partial charge is 0.459 e. The average molecular weight is 659 g/mol. The summed E-state index contributed by atoms with van der Waals surface area (Å²) in [5.41, 5.74) is 5.02. The minimum absolute atomic E-state index is 0.0116. The van der Waals surface area contributed by atoms with Crippen LogP contribution < -0.4 is 15.3 Å². The lowest BCUT2D eigenvalue weighted by Crippen LogP contribution is -2.41. The van der Waals surface area contributed by atoms with Crippen LogP contribution in [0, 0.1) is 11.3 Å². The summed E-state index contributed by atoms with van der Waals surface area (Å²) in [7, 11) is -4.45. The largest absolute Gasteiger partial charge is 0.460 e. The molecule has 14 nitrogen and oxygen atoms in total. The van der Waals surface area contributed by atoms with Crippen LogP contribution in [0.4, 0.5) is 5.82 Å². The molecule has 5 N–H and O–H groups in total. The molecule has 0 bridgehead atoms. The Hall–Kier alpha value is -4.87. The topological polar surface area (TPSA) is 204 Å². The Kier molecular flexibility index (Phi) is 8.94. The van der Waals surface area contributed by atoms with Crippen LogP contribution in [0.25, 0.3) is 16.3 Å². The number of hydrogen-bond acceptors (Lipinski definition) is 12. The van der Waals surface area contributed by atoms with Crippen molar-refractivity contribution in [3.05, 3.63) is 103 Å². The van der Waals surface area contributed by atoms with E-state index in [4.69, 9.17) is 24.3 Å². The highest BCUT2D eigenvalue weighted by atomic mass is 31.2. The van der Waals surface area contributed by atoms with Crippen molar-refractivity contribution in [3.8, 4) is 11.8 Å². The van der Waals surface area contributed by atoms with Gasteiger partial charge in [-0.15, -0.1) is 0 Å². The number of aliphatic hydroxyl groups excluding tert-OH is 2. The number of anilines is 1. The molecule has 0 spiro atoms. The van der Waals surface area contributed by atoms with Gasteiger partial charge in [-0.05, 0) is 36.1 Å². The lowest BCUT2D eigenvalue weighted by Gasteiger charge is -2.26. The van der Waals surface area contributed by atoms with Crippen LogP contribution in [0.1, 0.15) is 18.2 Å². The molecule has 242 valence electrons. The number of nitrogens with two attached hydrogens (primary N) is 1. The van der Waals surface area contributed by atoms with Crippen LogP contribution in [0.2, 0.25) is 0 Å². The van der Waals surface area contributed by atoms with Crippen molar-refractivity contribution >= 4 is 35.8 Å². The molecule has 6 atom stereocenters. The quantitative estimate of drug-likeness (QED) is 0.119. The zero-order valence-corrected chi connectivity index (χ0v) is 25.9. The number of ether oxygens (including phenoxy) is 2. The zero-order chi connectivity index (χ0) is 33.2. The number of nitrogen functional groups attached to an aromatic ring is 1. The number of carbonyl (C=O) groups excluding carboxylic acids is 1. The van der Waals surface area contributed by atoms with E-state index in [1.165, 1.54) is 23.8 Å². The summed E-state index contributed by atoms with van der Waals surface area (Å²) >= 11 is 0. The summed E-state index contributed by atoms with van der Waals surface area (Å²) in [5.74, 6) is -0.405. The van der Waals surface area contributed by atoms with Gasteiger partial charge in [0.25, 0.3) is 0 Å². The lowest BCUT2D eigenvalue weighted by molar-refractivity contribution is -0.146. The van der Waals surface area contributed by atoms with Crippen LogP contribution >= 0.6 is 7.75 Å². The fourth-order valence-electron chi connectivity index (χ4n) is 5.36. The number of benzene rings is 3. The Balaban J connectivity index is 1.25. The molecular formula is C32H31N6O8P. The van der Waals surface area contributed by atoms with Gasteiger partial charge in [-0.2, -0.15) is 15.4 Å². The molecule has 1 aliphatic rings. The highest BCUT2D eigenvalue weighted by Crippen LogP contribution is 2.48. The van der Waals surface area contributed by atoms with Gasteiger partial charge in [-0.25, -0.2) is 14.1 Å². The van der Waals surface area contributed by atoms with E-state index in [1.54, 1.807) is 42.5 Å². The van der Waals surface area contributed by atoms with Gasteiger partial charge < -0.3 is 29.9 Å². The number of nitrogens with one attached hydrogen (secondary N) is 1. The highest BCUT2D eigenvalue weighted by molar-refractivity contribution is 7.52. The van der Waals surface area contributed by atoms with Gasteiger partial charge in [0.2, 0.25) is 5.60 Å². The molecule has 47 heavy (non-hydrogen) atoms. The van der Waals surface area contributed by atoms with Crippen LogP contribution in [0.15, 0.2) is 91.3 Å². The Labute approximate surface area is 268 Å². The number of aliphatic hydroxyl groups is 2. The number of aromatic nitrogens is 3. The Morgan fingerprint density at radius 2 is 1.87 bits per heavy atom. The van der Waals surface area contributed by atoms with E-state index < -0.39 is 50.3 Å². The van der Waals surface area contributed by atoms with Gasteiger partial charge in [0.05, 0.1) is 12.3 Å². The second-order valence-electron chi connectivity index (χ2n) is 10.9. The fraction of sp³-hybridized carbons (Fsp3) is 0.250. The number of carbonyl (C=O) groups is 1. The summed E-state index contributed by atoms with van der Waals surface area (Å²) in [5, 5.41) is 40.5. The first kappa shape index (κ1) is 32.1. The van der Waals surface area contributed by atoms with E-state index in [1.807, 2.05) is 42.5 Å². The predicted octanol–water partition coefficient (Wildman–Crippen LogP) is 3.23. The molecule has 1 aliphatic heterocycles. The monoisotopic (exact) mass is 658 g/mol. The fourth-order valence-corrected chi connectivity index (χ4v) is 6.88. The third-order valence-corrected chi connectivity index (χ3v) is 9.42. The van der Waals surface area contributed by atoms with Gasteiger partial charge in [0, 0.05) is 5.39 Å². The molecule has 1 fully saturated rings. The second-order valence-corrected chi connectivity index (χ2v) is 12.6. The molecule has 1 saturated heterocycles. The number of nitriles is 1. The Morgan fingerprint density at radius 3 is 2.66 bits per heavy atom. The minimum Gasteiger partial charge on any atom is -0.460 e. The molecule has 0 saturated carbocycles. The van der Waals surface area contributed by atoms with Crippen molar-refractivity contribution in [2.45, 2.75) is 43.5 Å². The first-order valence-electron chi connectivity index (χ1n) is 14.6. The third kappa shape index (κ3) is 6.28. The van der Waals surface area contributed by atoms with Gasteiger partial charge in [-0.1, -0.05) is 66.7 Å². The number of nitrogens with zero attached hydrogens (tertiary/aromatic N) is 4. The molecule has 0 amide bonds. The summed E-state index contributed by atoms with van der Waals surface area (Å²) in [6.45, 7) is 0.803. The summed E-state index contributed by atoms with van der Waals surface area (Å²) in [4.78, 5) is 16.9. The van der Waals surface area contributed by atoms with Gasteiger partial charge in [0.15, 0.2) is 5.82 Å². The Morgan fingerprint density at radius 1 is 1.13 bits per heavy atom. The van der Waals surface area contributed by atoms with E-state index in [0.29, 0.717) is 10.9 Å². The molecule has 1 unspecified atom stereocenters. The minimum atomic E-state index is -4.45. The van der Waals surface area contributed by atoms with Gasteiger partial charge >= 0.3 is 13.7 Å². The summed E-state index contributed by atoms with van der Waals surface area (Å²) in [6.07, 6.45) is -3.64. The highest BCUT2D eigenvalue weighted by Gasteiger charge is 2.58. The van der Waals surface area contributed by atoms with Crippen molar-refractivity contribution in [1.29, 1.82) is 5.26 Å². The normalized spacial score (nSPS) is 22.8. The van der Waals surface area contributed by atoms with Crippen LogP contribution in [0.5, 0.6) is 5.75 Å². The number of esters is 1. The van der Waals surface area contributed by atoms with E-state index >= 15 is 0 Å². The van der Waals surface area contributed by atoms with Gasteiger partial charge in [0.1, 0.15) is 54.6 Å². The number of fused-ring (bicyclic) bond motifs is 2. The van der Waals surface area contributed by atoms with Crippen molar-refractivity contribution < 1.29 is 38.1 Å². The van der Waals surface area contributed by atoms with Crippen molar-refractivity contribution in [1.82, 2.24) is 19.7 Å². The van der Waals surface area contributed by atoms with E-state index in [2.05, 4.69) is 15.2 Å². The van der Waals surface area contributed by atoms with Crippen molar-refractivity contribution in [2.75, 3.05) is 12.3 Å². The van der Waals surface area contributed by atoms with Crippen LogP contribution in [-0.4, -0.2) is 61.7 Å². The first-order valence-corrected chi connectivity index (χ1v) is 16.1. The van der Waals surface area contributed by atoms with Crippen LogP contribution in [-0.2, 0) is 35.6 Å². The van der Waals surface area contributed by atoms with Gasteiger partial charge in [-0.3, -0.25) is 9.32 Å². The maximum absolute atomic E-state index is 14.4. The molecule has 2 aromatic heterocycles. The average Bonchev–Trinajstić information content (AvgIpc) is 3.63. The van der Waals surface area contributed by atoms with E-state index in [-0.39, 0.29) is 23.9 Å². The molecule has 3 aromatic carbocycles. The second kappa shape index (κ2) is 13.1. The first-order chi connectivity index (χ1) is 22.6. The predicted molar refractivity (Wildman–Crippen MR) is 169 cm³/mol. The Bertz CT molecular complexity index is 2000. The van der Waals surface area contributed by atoms with Crippen LogP contribution in [0.3, 0.4) is 0 Å². The van der Waals surface area contributed by atoms with E-state index in [9.17, 15) is 24.8 Å². The maximum Gasteiger partial charge on any atom is 0.459 e.